The predicted molar refractivity (Wildman–Crippen MR) is 82.0 cm³/mol. The van der Waals surface area contributed by atoms with Crippen LogP contribution < -0.4 is 5.32 Å². The molecule has 0 fully saturated rings. The molecule has 0 saturated heterocycles. The molecule has 0 saturated carbocycles. The van der Waals surface area contributed by atoms with Crippen molar-refractivity contribution in [3.8, 4) is 0 Å². The zero-order valence-corrected chi connectivity index (χ0v) is 13.5. The third-order valence-corrected chi connectivity index (χ3v) is 5.55. The van der Waals surface area contributed by atoms with Crippen LogP contribution >= 0.6 is 0 Å². The zero-order chi connectivity index (χ0) is 16.2. The molecule has 7 nitrogen and oxygen atoms in total. The van der Waals surface area contributed by atoms with Gasteiger partial charge in [0.05, 0.1) is 4.92 Å². The fourth-order valence-electron chi connectivity index (χ4n) is 2.17. The summed E-state index contributed by atoms with van der Waals surface area (Å²) in [7, 11) is -2.40. The topological polar surface area (TPSA) is 92.6 Å². The van der Waals surface area contributed by atoms with E-state index in [2.05, 4.69) is 5.32 Å². The summed E-state index contributed by atoms with van der Waals surface area (Å²) >= 11 is 0. The molecular weight excluding hydrogens is 294 g/mol. The Balaban J connectivity index is 3.54. The molecule has 8 heteroatoms. The summed E-state index contributed by atoms with van der Waals surface area (Å²) in [5.41, 5.74) is -0.233. The molecule has 0 aliphatic carbocycles. The third kappa shape index (κ3) is 3.33. The second kappa shape index (κ2) is 6.86. The Kier molecular flexibility index (Phi) is 5.68. The largest absolute Gasteiger partial charge is 0.383 e. The molecule has 0 radical (unpaired) electrons. The highest BCUT2D eigenvalue weighted by molar-refractivity contribution is 7.89. The van der Waals surface area contributed by atoms with E-state index in [4.69, 9.17) is 0 Å². The molecule has 1 unspecified atom stereocenters. The second-order valence-corrected chi connectivity index (χ2v) is 6.48. The molecule has 21 heavy (non-hydrogen) atoms. The average Bonchev–Trinajstić information content (AvgIpc) is 2.46. The Bertz CT molecular complexity index is 616. The molecule has 0 bridgehead atoms. The van der Waals surface area contributed by atoms with E-state index in [9.17, 15) is 18.5 Å². The molecular formula is C13H21N3O4S. The van der Waals surface area contributed by atoms with Gasteiger partial charge in [0.25, 0.3) is 0 Å². The monoisotopic (exact) mass is 315 g/mol. The first-order valence-corrected chi connectivity index (χ1v) is 8.22. The van der Waals surface area contributed by atoms with Gasteiger partial charge in [-0.15, -0.1) is 0 Å². The first-order chi connectivity index (χ1) is 9.81. The summed E-state index contributed by atoms with van der Waals surface area (Å²) in [6.07, 6.45) is 0.632. The number of nitro groups is 1. The maximum atomic E-state index is 12.8. The van der Waals surface area contributed by atoms with E-state index < -0.39 is 20.6 Å². The lowest BCUT2D eigenvalue weighted by atomic mass is 10.2. The molecule has 0 aromatic heterocycles. The van der Waals surface area contributed by atoms with E-state index in [-0.39, 0.29) is 23.2 Å². The molecule has 0 aliphatic heterocycles. The molecule has 0 heterocycles. The van der Waals surface area contributed by atoms with Crippen LogP contribution in [0, 0.1) is 10.1 Å². The van der Waals surface area contributed by atoms with E-state index in [0.29, 0.717) is 6.42 Å². The van der Waals surface area contributed by atoms with Crippen molar-refractivity contribution in [2.45, 2.75) is 38.1 Å². The van der Waals surface area contributed by atoms with Crippen molar-refractivity contribution in [1.29, 1.82) is 0 Å². The van der Waals surface area contributed by atoms with Gasteiger partial charge in [0.15, 0.2) is 4.90 Å². The second-order valence-electron chi connectivity index (χ2n) is 4.63. The quantitative estimate of drug-likeness (QED) is 0.616. The van der Waals surface area contributed by atoms with Gasteiger partial charge < -0.3 is 5.32 Å². The molecule has 1 aromatic rings. The first kappa shape index (κ1) is 17.4. The number of nitrogens with zero attached hydrogens (tertiary/aromatic N) is 2. The van der Waals surface area contributed by atoms with Crippen LogP contribution in [0.15, 0.2) is 23.1 Å². The van der Waals surface area contributed by atoms with Crippen molar-refractivity contribution < 1.29 is 13.3 Å². The molecule has 1 rings (SSSR count). The smallest absolute Gasteiger partial charge is 0.312 e. The summed E-state index contributed by atoms with van der Waals surface area (Å²) in [6.45, 7) is 5.64. The van der Waals surface area contributed by atoms with E-state index in [0.717, 1.165) is 0 Å². The lowest BCUT2D eigenvalue weighted by molar-refractivity contribution is -0.386. The number of benzene rings is 1. The average molecular weight is 315 g/mol. The highest BCUT2D eigenvalue weighted by atomic mass is 32.2. The van der Waals surface area contributed by atoms with Crippen molar-refractivity contribution in [2.75, 3.05) is 18.9 Å². The minimum Gasteiger partial charge on any atom is -0.383 e. The standard InChI is InChI=1S/C13H21N3O4S/c1-5-10(3)15(6-2)21(19,20)12-9-7-8-11(14-4)13(12)16(17)18/h7-10,14H,5-6H2,1-4H3. The molecule has 0 aliphatic rings. The van der Waals surface area contributed by atoms with Crippen LogP contribution in [-0.4, -0.2) is 37.3 Å². The minimum absolute atomic E-state index is 0.182. The van der Waals surface area contributed by atoms with Gasteiger partial charge >= 0.3 is 5.69 Å². The number of para-hydroxylation sites is 1. The molecule has 1 N–H and O–H groups in total. The van der Waals surface area contributed by atoms with E-state index in [1.807, 2.05) is 6.92 Å². The summed E-state index contributed by atoms with van der Waals surface area (Å²) in [5, 5.41) is 13.9. The van der Waals surface area contributed by atoms with Gasteiger partial charge in [-0.2, -0.15) is 4.31 Å². The SMILES string of the molecule is CCC(C)N(CC)S(=O)(=O)c1cccc(NC)c1[N+](=O)[O-]. The van der Waals surface area contributed by atoms with Crippen LogP contribution in [0.5, 0.6) is 0 Å². The van der Waals surface area contributed by atoms with Crippen LogP contribution in [0.1, 0.15) is 27.2 Å². The number of nitro benzene ring substituents is 1. The van der Waals surface area contributed by atoms with E-state index in [1.165, 1.54) is 29.6 Å². The van der Waals surface area contributed by atoms with Crippen LogP contribution in [0.25, 0.3) is 0 Å². The maximum Gasteiger partial charge on any atom is 0.312 e. The number of sulfonamides is 1. The maximum absolute atomic E-state index is 12.8. The van der Waals surface area contributed by atoms with Crippen LogP contribution in [-0.2, 0) is 10.0 Å². The van der Waals surface area contributed by atoms with Crippen molar-refractivity contribution in [2.24, 2.45) is 0 Å². The fourth-order valence-corrected chi connectivity index (χ4v) is 4.06. The number of hydrogen-bond acceptors (Lipinski definition) is 5. The van der Waals surface area contributed by atoms with Crippen molar-refractivity contribution in [1.82, 2.24) is 4.31 Å². The van der Waals surface area contributed by atoms with Gasteiger partial charge in [0.1, 0.15) is 5.69 Å². The number of nitrogens with one attached hydrogen (secondary N) is 1. The van der Waals surface area contributed by atoms with Crippen molar-refractivity contribution >= 4 is 21.4 Å². The number of rotatable bonds is 7. The summed E-state index contributed by atoms with van der Waals surface area (Å²) < 4.78 is 26.8. The minimum atomic E-state index is -3.92. The summed E-state index contributed by atoms with van der Waals surface area (Å²) in [5.74, 6) is 0. The fraction of sp³-hybridized carbons (Fsp3) is 0.538. The van der Waals surface area contributed by atoms with Gasteiger partial charge in [-0.3, -0.25) is 10.1 Å². The zero-order valence-electron chi connectivity index (χ0n) is 12.7. The third-order valence-electron chi connectivity index (χ3n) is 3.43. The number of hydrogen-bond donors (Lipinski definition) is 1. The lowest BCUT2D eigenvalue weighted by Crippen LogP contribution is -2.38. The Morgan fingerprint density at radius 2 is 2.00 bits per heavy atom. The summed E-state index contributed by atoms with van der Waals surface area (Å²) in [6, 6.07) is 4.03. The van der Waals surface area contributed by atoms with E-state index in [1.54, 1.807) is 13.8 Å². The molecule has 0 amide bonds. The van der Waals surface area contributed by atoms with Crippen molar-refractivity contribution in [3.05, 3.63) is 28.3 Å². The van der Waals surface area contributed by atoms with Gasteiger partial charge in [0, 0.05) is 19.6 Å². The van der Waals surface area contributed by atoms with Crippen LogP contribution in [0.2, 0.25) is 0 Å². The molecule has 118 valence electrons. The van der Waals surface area contributed by atoms with Crippen LogP contribution in [0.4, 0.5) is 11.4 Å². The molecule has 1 aromatic carbocycles. The normalized spacial score (nSPS) is 13.2. The highest BCUT2D eigenvalue weighted by Crippen LogP contribution is 2.34. The van der Waals surface area contributed by atoms with Gasteiger partial charge in [-0.05, 0) is 25.5 Å². The Morgan fingerprint density at radius 3 is 2.43 bits per heavy atom. The van der Waals surface area contributed by atoms with Gasteiger partial charge in [-0.25, -0.2) is 8.42 Å². The molecule has 1 atom stereocenters. The van der Waals surface area contributed by atoms with Crippen LogP contribution in [0.3, 0.4) is 0 Å². The predicted octanol–water partition coefficient (Wildman–Crippen LogP) is 2.45. The number of anilines is 1. The molecule has 0 spiro atoms. The van der Waals surface area contributed by atoms with Gasteiger partial charge in [-0.1, -0.05) is 19.9 Å². The Labute approximate surface area is 125 Å². The van der Waals surface area contributed by atoms with E-state index >= 15 is 0 Å². The van der Waals surface area contributed by atoms with Gasteiger partial charge in [0.2, 0.25) is 10.0 Å². The first-order valence-electron chi connectivity index (χ1n) is 6.78. The highest BCUT2D eigenvalue weighted by Gasteiger charge is 2.34. The van der Waals surface area contributed by atoms with Crippen molar-refractivity contribution in [3.63, 3.8) is 0 Å². The Hall–Kier alpha value is -1.67. The summed E-state index contributed by atoms with van der Waals surface area (Å²) in [4.78, 5) is 10.3. The Morgan fingerprint density at radius 1 is 1.38 bits per heavy atom. The lowest BCUT2D eigenvalue weighted by Gasteiger charge is -2.26.